The van der Waals surface area contributed by atoms with Gasteiger partial charge in [-0.1, -0.05) is 48.5 Å². The second kappa shape index (κ2) is 8.20. The van der Waals surface area contributed by atoms with Gasteiger partial charge in [-0.3, -0.25) is 4.99 Å². The van der Waals surface area contributed by atoms with E-state index in [4.69, 9.17) is 5.73 Å². The molecule has 0 saturated carbocycles. The van der Waals surface area contributed by atoms with Crippen molar-refractivity contribution >= 4 is 11.6 Å². The molecule has 1 unspecified atom stereocenters. The van der Waals surface area contributed by atoms with Crippen molar-refractivity contribution in [3.8, 4) is 0 Å². The molecule has 0 bridgehead atoms. The topological polar surface area (TPSA) is 53.6 Å². The summed E-state index contributed by atoms with van der Waals surface area (Å²) in [5.74, 6) is 0.450. The molecule has 0 aliphatic carbocycles. The molecule has 0 amide bonds. The zero-order chi connectivity index (χ0) is 15.8. The molecule has 2 aromatic rings. The molecule has 0 fully saturated rings. The van der Waals surface area contributed by atoms with E-state index in [2.05, 4.69) is 53.6 Å². The molecule has 0 radical (unpaired) electrons. The van der Waals surface area contributed by atoms with Crippen molar-refractivity contribution in [3.05, 3.63) is 66.2 Å². The number of guanidine groups is 1. The molecule has 0 saturated heterocycles. The molecule has 0 aromatic heterocycles. The summed E-state index contributed by atoms with van der Waals surface area (Å²) in [6.45, 7) is 0.660. The lowest BCUT2D eigenvalue weighted by molar-refractivity contribution is 0.298. The van der Waals surface area contributed by atoms with Gasteiger partial charge < -0.3 is 16.0 Å². The quantitative estimate of drug-likeness (QED) is 0.636. The van der Waals surface area contributed by atoms with E-state index < -0.39 is 0 Å². The maximum Gasteiger partial charge on any atom is 0.193 e. The average molecular weight is 296 g/mol. The third-order valence-corrected chi connectivity index (χ3v) is 3.56. The third-order valence-electron chi connectivity index (χ3n) is 3.56. The van der Waals surface area contributed by atoms with E-state index in [9.17, 15) is 0 Å². The number of nitrogens with two attached hydrogens (primary N) is 1. The number of nitrogens with zero attached hydrogens (tertiary/aromatic N) is 2. The van der Waals surface area contributed by atoms with Crippen LogP contribution in [0.25, 0.3) is 0 Å². The predicted molar refractivity (Wildman–Crippen MR) is 94.2 cm³/mol. The highest BCUT2D eigenvalue weighted by Crippen LogP contribution is 2.08. The van der Waals surface area contributed by atoms with Gasteiger partial charge in [0.25, 0.3) is 0 Å². The van der Waals surface area contributed by atoms with Crippen LogP contribution in [0.15, 0.2) is 65.7 Å². The van der Waals surface area contributed by atoms with Gasteiger partial charge in [-0.05, 0) is 38.2 Å². The summed E-state index contributed by atoms with van der Waals surface area (Å²) in [4.78, 5) is 6.67. The zero-order valence-electron chi connectivity index (χ0n) is 13.2. The average Bonchev–Trinajstić information content (AvgIpc) is 2.53. The van der Waals surface area contributed by atoms with Crippen molar-refractivity contribution in [1.29, 1.82) is 0 Å². The molecular formula is C18H24N4. The number of para-hydroxylation sites is 1. The number of anilines is 1. The minimum atomic E-state index is 0.318. The Bertz CT molecular complexity index is 579. The molecule has 0 spiro atoms. The lowest BCUT2D eigenvalue weighted by atomic mass is 10.1. The van der Waals surface area contributed by atoms with Gasteiger partial charge in [0, 0.05) is 11.7 Å². The minimum Gasteiger partial charge on any atom is -0.370 e. The predicted octanol–water partition coefficient (Wildman–Crippen LogP) is 2.59. The second-order valence-corrected chi connectivity index (χ2v) is 5.52. The highest BCUT2D eigenvalue weighted by atomic mass is 15.1. The Morgan fingerprint density at radius 3 is 2.23 bits per heavy atom. The molecule has 0 aliphatic rings. The maximum absolute atomic E-state index is 5.97. The van der Waals surface area contributed by atoms with Crippen LogP contribution in [0.3, 0.4) is 0 Å². The first-order chi connectivity index (χ1) is 10.6. The molecular weight excluding hydrogens is 272 g/mol. The Morgan fingerprint density at radius 1 is 1.05 bits per heavy atom. The summed E-state index contributed by atoms with van der Waals surface area (Å²) in [6, 6.07) is 20.6. The maximum atomic E-state index is 5.97. The van der Waals surface area contributed by atoms with Crippen molar-refractivity contribution in [2.75, 3.05) is 26.0 Å². The summed E-state index contributed by atoms with van der Waals surface area (Å²) < 4.78 is 0. The van der Waals surface area contributed by atoms with Crippen LogP contribution in [0.2, 0.25) is 0 Å². The fraction of sp³-hybridized carbons (Fsp3) is 0.278. The van der Waals surface area contributed by atoms with Crippen LogP contribution in [-0.2, 0) is 6.42 Å². The number of nitrogens with one attached hydrogen (secondary N) is 1. The molecule has 2 aromatic carbocycles. The van der Waals surface area contributed by atoms with Gasteiger partial charge in [-0.15, -0.1) is 0 Å². The zero-order valence-corrected chi connectivity index (χ0v) is 13.2. The molecule has 1 atom stereocenters. The van der Waals surface area contributed by atoms with E-state index in [1.54, 1.807) is 0 Å². The Hall–Kier alpha value is -2.33. The molecule has 22 heavy (non-hydrogen) atoms. The Kier molecular flexibility index (Phi) is 5.98. The summed E-state index contributed by atoms with van der Waals surface area (Å²) in [5, 5.41) is 3.11. The lowest BCUT2D eigenvalue weighted by Crippen LogP contribution is -2.34. The Balaban J connectivity index is 1.94. The van der Waals surface area contributed by atoms with Crippen molar-refractivity contribution in [1.82, 2.24) is 4.90 Å². The SMILES string of the molecule is CN(C)C(CN=C(N)Nc1ccccc1)Cc1ccccc1. The molecule has 0 heterocycles. The number of rotatable bonds is 6. The molecule has 116 valence electrons. The van der Waals surface area contributed by atoms with Crippen LogP contribution in [0.1, 0.15) is 5.56 Å². The molecule has 0 aliphatic heterocycles. The third kappa shape index (κ3) is 5.22. The van der Waals surface area contributed by atoms with E-state index >= 15 is 0 Å². The summed E-state index contributed by atoms with van der Waals surface area (Å²) >= 11 is 0. The van der Waals surface area contributed by atoms with Crippen LogP contribution in [0, 0.1) is 0 Å². The largest absolute Gasteiger partial charge is 0.370 e. The van der Waals surface area contributed by atoms with Gasteiger partial charge in [-0.2, -0.15) is 0 Å². The summed E-state index contributed by atoms with van der Waals surface area (Å²) in [5.41, 5.74) is 8.23. The number of benzene rings is 2. The van der Waals surface area contributed by atoms with E-state index in [0.29, 0.717) is 18.5 Å². The van der Waals surface area contributed by atoms with Gasteiger partial charge in [0.15, 0.2) is 5.96 Å². The summed E-state index contributed by atoms with van der Waals surface area (Å²) in [6.07, 6.45) is 0.954. The van der Waals surface area contributed by atoms with Crippen molar-refractivity contribution in [2.45, 2.75) is 12.5 Å². The Morgan fingerprint density at radius 2 is 1.64 bits per heavy atom. The van der Waals surface area contributed by atoms with Crippen molar-refractivity contribution in [2.24, 2.45) is 10.7 Å². The first-order valence-electron chi connectivity index (χ1n) is 7.47. The number of hydrogen-bond donors (Lipinski definition) is 2. The number of hydrogen-bond acceptors (Lipinski definition) is 2. The standard InChI is InChI=1S/C18H24N4/c1-22(2)17(13-15-9-5-3-6-10-15)14-20-18(19)21-16-11-7-4-8-12-16/h3-12,17H,13-14H2,1-2H3,(H3,19,20,21). The van der Waals surface area contributed by atoms with Gasteiger partial charge in [0.05, 0.1) is 6.54 Å². The van der Waals surface area contributed by atoms with Gasteiger partial charge in [0.1, 0.15) is 0 Å². The van der Waals surface area contributed by atoms with Crippen LogP contribution in [-0.4, -0.2) is 37.5 Å². The van der Waals surface area contributed by atoms with Crippen LogP contribution in [0.4, 0.5) is 5.69 Å². The van der Waals surface area contributed by atoms with E-state index in [0.717, 1.165) is 12.1 Å². The van der Waals surface area contributed by atoms with Crippen molar-refractivity contribution in [3.63, 3.8) is 0 Å². The first kappa shape index (κ1) is 16.0. The van der Waals surface area contributed by atoms with E-state index in [1.807, 2.05) is 36.4 Å². The normalized spacial score (nSPS) is 13.1. The van der Waals surface area contributed by atoms with Crippen LogP contribution in [0.5, 0.6) is 0 Å². The molecule has 3 N–H and O–H groups in total. The van der Waals surface area contributed by atoms with Crippen LogP contribution >= 0.6 is 0 Å². The Labute approximate surface area is 132 Å². The van der Waals surface area contributed by atoms with Gasteiger partial charge in [-0.25, -0.2) is 0 Å². The van der Waals surface area contributed by atoms with E-state index in [-0.39, 0.29) is 0 Å². The molecule has 4 nitrogen and oxygen atoms in total. The molecule has 4 heteroatoms. The minimum absolute atomic E-state index is 0.318. The number of likely N-dealkylation sites (N-methyl/N-ethyl adjacent to an activating group) is 1. The van der Waals surface area contributed by atoms with Crippen LogP contribution < -0.4 is 11.1 Å². The fourth-order valence-corrected chi connectivity index (χ4v) is 2.21. The highest BCUT2D eigenvalue weighted by molar-refractivity contribution is 5.92. The number of aliphatic imine (C=N–C) groups is 1. The van der Waals surface area contributed by atoms with Gasteiger partial charge in [0.2, 0.25) is 0 Å². The monoisotopic (exact) mass is 296 g/mol. The smallest absolute Gasteiger partial charge is 0.193 e. The highest BCUT2D eigenvalue weighted by Gasteiger charge is 2.11. The lowest BCUT2D eigenvalue weighted by Gasteiger charge is -2.23. The first-order valence-corrected chi connectivity index (χ1v) is 7.47. The van der Waals surface area contributed by atoms with Crippen molar-refractivity contribution < 1.29 is 0 Å². The molecule has 2 rings (SSSR count). The second-order valence-electron chi connectivity index (χ2n) is 5.52. The summed E-state index contributed by atoms with van der Waals surface area (Å²) in [7, 11) is 4.15. The fourth-order valence-electron chi connectivity index (χ4n) is 2.21. The van der Waals surface area contributed by atoms with Gasteiger partial charge >= 0.3 is 0 Å². The van der Waals surface area contributed by atoms with E-state index in [1.165, 1.54) is 5.56 Å².